The van der Waals surface area contributed by atoms with Crippen molar-refractivity contribution in [3.05, 3.63) is 30.6 Å². The number of nitrogen functional groups attached to an aromatic ring is 1. The second-order valence-corrected chi connectivity index (χ2v) is 2.74. The van der Waals surface area contributed by atoms with E-state index in [9.17, 15) is 0 Å². The van der Waals surface area contributed by atoms with Gasteiger partial charge in [0.1, 0.15) is 11.4 Å². The lowest BCUT2D eigenvalue weighted by Gasteiger charge is -2.05. The van der Waals surface area contributed by atoms with Gasteiger partial charge < -0.3 is 10.5 Å². The Hall–Kier alpha value is -2.04. The normalized spacial score (nSPS) is 10.1. The molecule has 0 aliphatic carbocycles. The highest BCUT2D eigenvalue weighted by molar-refractivity contribution is 5.59. The summed E-state index contributed by atoms with van der Waals surface area (Å²) in [6.45, 7) is 0. The Kier molecular flexibility index (Phi) is 2.06. The molecule has 0 amide bonds. The summed E-state index contributed by atoms with van der Waals surface area (Å²) in [4.78, 5) is 1.47. The van der Waals surface area contributed by atoms with Gasteiger partial charge in [0.25, 0.3) is 0 Å². The van der Waals surface area contributed by atoms with Gasteiger partial charge in [0.05, 0.1) is 25.2 Å². The summed E-state index contributed by atoms with van der Waals surface area (Å²) in [7, 11) is 1.60. The number of rotatable bonds is 2. The van der Waals surface area contributed by atoms with Crippen LogP contribution in [-0.2, 0) is 0 Å². The quantitative estimate of drug-likeness (QED) is 0.713. The van der Waals surface area contributed by atoms with Gasteiger partial charge in [0, 0.05) is 6.07 Å². The lowest BCUT2D eigenvalue weighted by molar-refractivity contribution is 0.415. The predicted octanol–water partition coefficient (Wildman–Crippen LogP) is 0.858. The summed E-state index contributed by atoms with van der Waals surface area (Å²) in [6.07, 6.45) is 3.20. The molecule has 2 N–H and O–H groups in total. The number of nitrogens with zero attached hydrogens (tertiary/aromatic N) is 3. The van der Waals surface area contributed by atoms with Crippen molar-refractivity contribution >= 4 is 5.69 Å². The summed E-state index contributed by atoms with van der Waals surface area (Å²) < 4.78 is 5.04. The molecule has 0 atom stereocenters. The third-order valence-electron chi connectivity index (χ3n) is 1.87. The highest BCUT2D eigenvalue weighted by Gasteiger charge is 2.03. The van der Waals surface area contributed by atoms with Gasteiger partial charge in [-0.25, -0.2) is 0 Å². The van der Waals surface area contributed by atoms with Crippen molar-refractivity contribution < 1.29 is 4.74 Å². The lowest BCUT2D eigenvalue weighted by Crippen LogP contribution is -2.03. The Labute approximate surface area is 81.1 Å². The van der Waals surface area contributed by atoms with Gasteiger partial charge in [-0.1, -0.05) is 0 Å². The molecule has 72 valence electrons. The van der Waals surface area contributed by atoms with Crippen LogP contribution in [0.25, 0.3) is 5.69 Å². The maximum atomic E-state index is 5.81. The molecular weight excluding hydrogens is 180 g/mol. The topological polar surface area (TPSA) is 66.0 Å². The molecule has 5 nitrogen and oxygen atoms in total. The zero-order chi connectivity index (χ0) is 9.97. The maximum Gasteiger partial charge on any atom is 0.121 e. The Morgan fingerprint density at radius 1 is 1.29 bits per heavy atom. The number of ether oxygens (including phenoxy) is 1. The monoisotopic (exact) mass is 190 g/mol. The highest BCUT2D eigenvalue weighted by Crippen LogP contribution is 2.21. The third-order valence-corrected chi connectivity index (χ3v) is 1.87. The number of anilines is 1. The molecule has 0 spiro atoms. The first-order valence-corrected chi connectivity index (χ1v) is 4.11. The van der Waals surface area contributed by atoms with E-state index in [1.54, 1.807) is 25.6 Å². The van der Waals surface area contributed by atoms with Crippen LogP contribution < -0.4 is 10.5 Å². The summed E-state index contributed by atoms with van der Waals surface area (Å²) >= 11 is 0. The molecule has 14 heavy (non-hydrogen) atoms. The van der Waals surface area contributed by atoms with Crippen LogP contribution in [0.2, 0.25) is 0 Å². The van der Waals surface area contributed by atoms with Crippen molar-refractivity contribution in [2.45, 2.75) is 0 Å². The third kappa shape index (κ3) is 1.39. The van der Waals surface area contributed by atoms with Crippen molar-refractivity contribution in [1.82, 2.24) is 15.0 Å². The second kappa shape index (κ2) is 3.37. The van der Waals surface area contributed by atoms with Gasteiger partial charge in [-0.3, -0.25) is 0 Å². The minimum Gasteiger partial charge on any atom is -0.497 e. The number of benzene rings is 1. The molecule has 1 heterocycles. The lowest BCUT2D eigenvalue weighted by atomic mass is 10.2. The Bertz CT molecular complexity index is 424. The average molecular weight is 190 g/mol. The minimum atomic E-state index is 0.584. The number of methoxy groups -OCH3 is 1. The van der Waals surface area contributed by atoms with Crippen molar-refractivity contribution in [2.24, 2.45) is 0 Å². The van der Waals surface area contributed by atoms with E-state index in [2.05, 4.69) is 10.2 Å². The first kappa shape index (κ1) is 8.55. The van der Waals surface area contributed by atoms with Crippen LogP contribution >= 0.6 is 0 Å². The molecule has 0 unspecified atom stereocenters. The van der Waals surface area contributed by atoms with E-state index in [4.69, 9.17) is 10.5 Å². The van der Waals surface area contributed by atoms with E-state index in [-0.39, 0.29) is 0 Å². The van der Waals surface area contributed by atoms with Crippen molar-refractivity contribution in [2.75, 3.05) is 12.8 Å². The smallest absolute Gasteiger partial charge is 0.121 e. The molecule has 1 aromatic heterocycles. The fourth-order valence-corrected chi connectivity index (χ4v) is 1.18. The van der Waals surface area contributed by atoms with Gasteiger partial charge in [-0.2, -0.15) is 10.2 Å². The zero-order valence-corrected chi connectivity index (χ0v) is 7.71. The predicted molar refractivity (Wildman–Crippen MR) is 52.3 cm³/mol. The van der Waals surface area contributed by atoms with E-state index in [0.29, 0.717) is 5.69 Å². The van der Waals surface area contributed by atoms with Crippen LogP contribution in [0.1, 0.15) is 0 Å². The number of aromatic nitrogens is 3. The summed E-state index contributed by atoms with van der Waals surface area (Å²) in [5, 5.41) is 7.98. The van der Waals surface area contributed by atoms with Crippen molar-refractivity contribution in [1.29, 1.82) is 0 Å². The Balaban J connectivity index is 2.46. The Morgan fingerprint density at radius 2 is 2.00 bits per heavy atom. The number of nitrogens with two attached hydrogens (primary N) is 1. The molecule has 5 heteroatoms. The number of hydrogen-bond donors (Lipinski definition) is 1. The molecule has 0 bridgehead atoms. The molecule has 0 aliphatic rings. The minimum absolute atomic E-state index is 0.584. The first-order valence-electron chi connectivity index (χ1n) is 4.11. The molecule has 0 saturated carbocycles. The SMILES string of the molecule is COc1ccc(-n2nccn2)c(N)c1. The molecular formula is C9H10N4O. The van der Waals surface area contributed by atoms with Crippen LogP contribution in [-0.4, -0.2) is 22.1 Å². The summed E-state index contributed by atoms with van der Waals surface area (Å²) in [5.41, 5.74) is 7.14. The maximum absolute atomic E-state index is 5.81. The van der Waals surface area contributed by atoms with Gasteiger partial charge >= 0.3 is 0 Å². The first-order chi connectivity index (χ1) is 6.81. The van der Waals surface area contributed by atoms with Gasteiger partial charge in [0.2, 0.25) is 0 Å². The van der Waals surface area contributed by atoms with Crippen LogP contribution in [0.3, 0.4) is 0 Å². The van der Waals surface area contributed by atoms with Gasteiger partial charge in [-0.15, -0.1) is 4.80 Å². The summed E-state index contributed by atoms with van der Waals surface area (Å²) in [5.74, 6) is 0.721. The van der Waals surface area contributed by atoms with Crippen LogP contribution in [0.5, 0.6) is 5.75 Å². The fraction of sp³-hybridized carbons (Fsp3) is 0.111. The average Bonchev–Trinajstić information content (AvgIpc) is 2.70. The molecule has 2 rings (SSSR count). The fourth-order valence-electron chi connectivity index (χ4n) is 1.18. The Morgan fingerprint density at radius 3 is 2.57 bits per heavy atom. The standard InChI is InChI=1S/C9H10N4O/c1-14-7-2-3-9(8(10)6-7)13-11-4-5-12-13/h2-6H,10H2,1H3. The van der Waals surface area contributed by atoms with Crippen molar-refractivity contribution in [3.8, 4) is 11.4 Å². The van der Waals surface area contributed by atoms with Gasteiger partial charge in [-0.05, 0) is 12.1 Å². The largest absolute Gasteiger partial charge is 0.497 e. The van der Waals surface area contributed by atoms with Crippen LogP contribution in [0, 0.1) is 0 Å². The van der Waals surface area contributed by atoms with E-state index in [1.165, 1.54) is 4.80 Å². The van der Waals surface area contributed by atoms with E-state index >= 15 is 0 Å². The molecule has 2 aromatic rings. The molecule has 1 aromatic carbocycles. The highest BCUT2D eigenvalue weighted by atomic mass is 16.5. The molecule has 0 radical (unpaired) electrons. The number of hydrogen-bond acceptors (Lipinski definition) is 4. The van der Waals surface area contributed by atoms with Crippen molar-refractivity contribution in [3.63, 3.8) is 0 Å². The van der Waals surface area contributed by atoms with E-state index < -0.39 is 0 Å². The molecule has 0 fully saturated rings. The van der Waals surface area contributed by atoms with Crippen LogP contribution in [0.15, 0.2) is 30.6 Å². The molecule has 0 aliphatic heterocycles. The van der Waals surface area contributed by atoms with E-state index in [1.807, 2.05) is 12.1 Å². The van der Waals surface area contributed by atoms with E-state index in [0.717, 1.165) is 11.4 Å². The molecule has 0 saturated heterocycles. The second-order valence-electron chi connectivity index (χ2n) is 2.74. The summed E-state index contributed by atoms with van der Waals surface area (Å²) in [6, 6.07) is 5.36. The zero-order valence-electron chi connectivity index (χ0n) is 7.71. The van der Waals surface area contributed by atoms with Crippen LogP contribution in [0.4, 0.5) is 5.69 Å². The van der Waals surface area contributed by atoms with Gasteiger partial charge in [0.15, 0.2) is 0 Å².